The van der Waals surface area contributed by atoms with Gasteiger partial charge < -0.3 is 4.74 Å². The summed E-state index contributed by atoms with van der Waals surface area (Å²) in [6.45, 7) is 6.35. The number of hydrogen-bond donors (Lipinski definition) is 0. The highest BCUT2D eigenvalue weighted by molar-refractivity contribution is 8.01. The molecule has 2 aromatic heterocycles. The molecule has 5 heteroatoms. The standard InChI is InChI=1S/C18H22N2OS2/c1-14-5-6-17(23-14)9-20-12-18(13-20)8-16(11-22-18)21-10-15-4-2-3-7-19-15/h2-7,16H,8-13H2,1H3/t16-/m0/s1. The Bertz CT molecular complexity index is 652. The average molecular weight is 347 g/mol. The molecule has 1 atom stereocenters. The topological polar surface area (TPSA) is 25.4 Å². The number of thioether (sulfide) groups is 1. The third-order valence-corrected chi connectivity index (χ3v) is 7.13. The van der Waals surface area contributed by atoms with E-state index in [-0.39, 0.29) is 0 Å². The van der Waals surface area contributed by atoms with Crippen LogP contribution in [-0.2, 0) is 17.9 Å². The van der Waals surface area contributed by atoms with Crippen LogP contribution in [0.15, 0.2) is 36.5 Å². The van der Waals surface area contributed by atoms with E-state index in [0.717, 1.165) is 18.0 Å². The van der Waals surface area contributed by atoms with Crippen LogP contribution < -0.4 is 0 Å². The number of pyridine rings is 1. The third kappa shape index (κ3) is 3.63. The molecule has 1 spiro atoms. The highest BCUT2D eigenvalue weighted by Crippen LogP contribution is 2.46. The van der Waals surface area contributed by atoms with E-state index >= 15 is 0 Å². The first kappa shape index (κ1) is 15.6. The molecule has 0 saturated carbocycles. The first-order valence-corrected chi connectivity index (χ1v) is 9.94. The minimum Gasteiger partial charge on any atom is -0.371 e. The van der Waals surface area contributed by atoms with Gasteiger partial charge in [0.15, 0.2) is 0 Å². The molecule has 4 rings (SSSR count). The maximum absolute atomic E-state index is 6.08. The summed E-state index contributed by atoms with van der Waals surface area (Å²) in [7, 11) is 0. The summed E-state index contributed by atoms with van der Waals surface area (Å²) in [5, 5.41) is 0. The average Bonchev–Trinajstić information content (AvgIpc) is 3.13. The fraction of sp³-hybridized carbons (Fsp3) is 0.500. The van der Waals surface area contributed by atoms with Gasteiger partial charge in [0, 0.05) is 46.1 Å². The van der Waals surface area contributed by atoms with Crippen molar-refractivity contribution in [1.29, 1.82) is 0 Å². The fourth-order valence-corrected chi connectivity index (χ4v) is 6.03. The minimum atomic E-state index is 0.383. The van der Waals surface area contributed by atoms with E-state index in [9.17, 15) is 0 Å². The first-order chi connectivity index (χ1) is 11.2. The molecule has 3 nitrogen and oxygen atoms in total. The van der Waals surface area contributed by atoms with Gasteiger partial charge in [-0.15, -0.1) is 23.1 Å². The Hall–Kier alpha value is -0.880. The Balaban J connectivity index is 1.23. The van der Waals surface area contributed by atoms with Gasteiger partial charge in [-0.3, -0.25) is 9.88 Å². The lowest BCUT2D eigenvalue weighted by Gasteiger charge is -2.47. The van der Waals surface area contributed by atoms with Crippen LogP contribution in [0.4, 0.5) is 0 Å². The molecule has 2 fully saturated rings. The van der Waals surface area contributed by atoms with Crippen LogP contribution in [0.5, 0.6) is 0 Å². The number of hydrogen-bond acceptors (Lipinski definition) is 5. The van der Waals surface area contributed by atoms with E-state index in [1.807, 2.05) is 35.7 Å². The molecular weight excluding hydrogens is 324 g/mol. The highest BCUT2D eigenvalue weighted by atomic mass is 32.2. The Morgan fingerprint density at radius 2 is 2.22 bits per heavy atom. The zero-order valence-electron chi connectivity index (χ0n) is 13.4. The predicted molar refractivity (Wildman–Crippen MR) is 97.0 cm³/mol. The Morgan fingerprint density at radius 3 is 2.96 bits per heavy atom. The molecular formula is C18H22N2OS2. The number of thiophene rings is 1. The maximum atomic E-state index is 6.08. The van der Waals surface area contributed by atoms with E-state index in [4.69, 9.17) is 4.74 Å². The van der Waals surface area contributed by atoms with E-state index in [2.05, 4.69) is 40.7 Å². The molecule has 0 aromatic carbocycles. The summed E-state index contributed by atoms with van der Waals surface area (Å²) >= 11 is 4.03. The highest BCUT2D eigenvalue weighted by Gasteiger charge is 2.49. The first-order valence-electron chi connectivity index (χ1n) is 8.14. The number of nitrogens with zero attached hydrogens (tertiary/aromatic N) is 2. The van der Waals surface area contributed by atoms with Crippen LogP contribution in [0.3, 0.4) is 0 Å². The summed E-state index contributed by atoms with van der Waals surface area (Å²) in [4.78, 5) is 9.80. The van der Waals surface area contributed by atoms with Crippen LogP contribution in [0, 0.1) is 6.92 Å². The van der Waals surface area contributed by atoms with Gasteiger partial charge in [0.2, 0.25) is 0 Å². The minimum absolute atomic E-state index is 0.383. The van der Waals surface area contributed by atoms with Crippen LogP contribution in [0.2, 0.25) is 0 Å². The van der Waals surface area contributed by atoms with E-state index in [1.165, 1.54) is 29.3 Å². The van der Waals surface area contributed by atoms with Crippen molar-refractivity contribution >= 4 is 23.1 Å². The summed E-state index contributed by atoms with van der Waals surface area (Å²) in [5.41, 5.74) is 1.03. The number of likely N-dealkylation sites (tertiary alicyclic amines) is 1. The lowest BCUT2D eigenvalue weighted by atomic mass is 9.93. The van der Waals surface area contributed by atoms with Crippen LogP contribution >= 0.6 is 23.1 Å². The molecule has 2 saturated heterocycles. The molecule has 0 unspecified atom stereocenters. The normalized spacial score (nSPS) is 23.3. The maximum Gasteiger partial charge on any atom is 0.0892 e. The van der Waals surface area contributed by atoms with E-state index in [1.54, 1.807) is 0 Å². The number of aryl methyl sites for hydroxylation is 1. The van der Waals surface area contributed by atoms with Crippen molar-refractivity contribution in [2.24, 2.45) is 0 Å². The van der Waals surface area contributed by atoms with Crippen molar-refractivity contribution in [3.05, 3.63) is 52.0 Å². The van der Waals surface area contributed by atoms with Gasteiger partial charge in [-0.2, -0.15) is 0 Å². The molecule has 0 amide bonds. The smallest absolute Gasteiger partial charge is 0.0892 e. The molecule has 23 heavy (non-hydrogen) atoms. The van der Waals surface area contributed by atoms with Gasteiger partial charge in [-0.25, -0.2) is 0 Å². The van der Waals surface area contributed by atoms with Gasteiger partial charge in [0.25, 0.3) is 0 Å². The van der Waals surface area contributed by atoms with Crippen molar-refractivity contribution in [3.8, 4) is 0 Å². The molecule has 0 aliphatic carbocycles. The lowest BCUT2D eigenvalue weighted by molar-refractivity contribution is 0.0253. The second-order valence-electron chi connectivity index (χ2n) is 6.61. The predicted octanol–water partition coefficient (Wildman–Crippen LogP) is 3.73. The van der Waals surface area contributed by atoms with Crippen LogP contribution in [0.1, 0.15) is 21.9 Å². The Labute approximate surface area is 146 Å². The van der Waals surface area contributed by atoms with Gasteiger partial charge >= 0.3 is 0 Å². The van der Waals surface area contributed by atoms with Gasteiger partial charge in [0.05, 0.1) is 18.4 Å². The molecule has 0 N–H and O–H groups in total. The summed E-state index contributed by atoms with van der Waals surface area (Å²) < 4.78 is 6.52. The second kappa shape index (κ2) is 6.55. The fourth-order valence-electron chi connectivity index (χ4n) is 3.49. The SMILES string of the molecule is Cc1ccc(CN2CC3(C[C@H](OCc4ccccn4)CS3)C2)s1. The van der Waals surface area contributed by atoms with E-state index in [0.29, 0.717) is 17.5 Å². The van der Waals surface area contributed by atoms with Gasteiger partial charge in [-0.1, -0.05) is 6.07 Å². The second-order valence-corrected chi connectivity index (χ2v) is 9.47. The van der Waals surface area contributed by atoms with Crippen molar-refractivity contribution in [3.63, 3.8) is 0 Å². The van der Waals surface area contributed by atoms with E-state index < -0.39 is 0 Å². The van der Waals surface area contributed by atoms with Crippen molar-refractivity contribution < 1.29 is 4.74 Å². The number of ether oxygens (including phenoxy) is 1. The largest absolute Gasteiger partial charge is 0.371 e. The molecule has 4 heterocycles. The number of aromatic nitrogens is 1. The Morgan fingerprint density at radius 1 is 1.30 bits per heavy atom. The Kier molecular flexibility index (Phi) is 4.46. The molecule has 2 aliphatic rings. The van der Waals surface area contributed by atoms with Crippen molar-refractivity contribution in [1.82, 2.24) is 9.88 Å². The summed E-state index contributed by atoms with van der Waals surface area (Å²) in [6, 6.07) is 10.5. The zero-order valence-corrected chi connectivity index (χ0v) is 15.0. The summed E-state index contributed by atoms with van der Waals surface area (Å²) in [5.74, 6) is 1.12. The van der Waals surface area contributed by atoms with Gasteiger partial charge in [-0.05, 0) is 37.6 Å². The molecule has 2 aliphatic heterocycles. The molecule has 122 valence electrons. The molecule has 0 radical (unpaired) electrons. The lowest BCUT2D eigenvalue weighted by Crippen LogP contribution is -2.58. The van der Waals surface area contributed by atoms with Gasteiger partial charge in [0.1, 0.15) is 0 Å². The molecule has 2 aromatic rings. The van der Waals surface area contributed by atoms with Crippen LogP contribution in [0.25, 0.3) is 0 Å². The van der Waals surface area contributed by atoms with Crippen molar-refractivity contribution in [2.75, 3.05) is 18.8 Å². The summed E-state index contributed by atoms with van der Waals surface area (Å²) in [6.07, 6.45) is 3.40. The zero-order chi connectivity index (χ0) is 15.7. The van der Waals surface area contributed by atoms with Crippen molar-refractivity contribution in [2.45, 2.75) is 37.3 Å². The quantitative estimate of drug-likeness (QED) is 0.824. The van der Waals surface area contributed by atoms with Crippen LogP contribution in [-0.4, -0.2) is 39.6 Å². The molecule has 0 bridgehead atoms. The third-order valence-electron chi connectivity index (χ3n) is 4.57. The number of rotatable bonds is 5. The monoisotopic (exact) mass is 346 g/mol.